The first kappa shape index (κ1) is 17.8. The molecule has 0 spiro atoms. The highest BCUT2D eigenvalue weighted by atomic mass is 16.5. The number of ether oxygens (including phenoxy) is 1. The lowest BCUT2D eigenvalue weighted by molar-refractivity contribution is 0.0601. The van der Waals surface area contributed by atoms with Crippen LogP contribution in [0, 0.1) is 0 Å². The van der Waals surface area contributed by atoms with Gasteiger partial charge < -0.3 is 20.3 Å². The minimum absolute atomic E-state index is 0.413. The zero-order chi connectivity index (χ0) is 19.7. The third-order valence-corrected chi connectivity index (χ3v) is 4.97. The van der Waals surface area contributed by atoms with Gasteiger partial charge in [0.05, 0.1) is 18.4 Å². The van der Waals surface area contributed by atoms with Crippen LogP contribution in [-0.2, 0) is 11.2 Å². The number of carbonyl (C=O) groups is 1. The monoisotopic (exact) mass is 375 g/mol. The van der Waals surface area contributed by atoms with Crippen LogP contribution in [0.15, 0.2) is 54.9 Å². The topological polar surface area (TPSA) is 84.6 Å². The number of hydrogen-bond donors (Lipinski definition) is 1. The van der Waals surface area contributed by atoms with Gasteiger partial charge in [-0.2, -0.15) is 0 Å². The molecule has 1 aliphatic heterocycles. The quantitative estimate of drug-likeness (QED) is 0.700. The molecule has 28 heavy (non-hydrogen) atoms. The molecule has 0 radical (unpaired) electrons. The van der Waals surface area contributed by atoms with Gasteiger partial charge >= 0.3 is 5.97 Å². The van der Waals surface area contributed by atoms with Gasteiger partial charge in [-0.1, -0.05) is 30.3 Å². The zero-order valence-electron chi connectivity index (χ0n) is 15.8. The molecule has 0 saturated heterocycles. The standard InChI is InChI=1S/C21H21N5O2/c1-25(17-10-6-4-8-15(17)21(27)28-2)19-18(22)20(24-13-23-19)26-12-11-14-7-3-5-9-16(14)26/h3-10,13H,11-12,22H2,1-2H3. The van der Waals surface area contributed by atoms with Gasteiger partial charge in [-0.3, -0.25) is 0 Å². The van der Waals surface area contributed by atoms with E-state index in [9.17, 15) is 4.79 Å². The molecule has 7 heteroatoms. The molecule has 1 aromatic heterocycles. The summed E-state index contributed by atoms with van der Waals surface area (Å²) in [5.41, 5.74) is 10.4. The molecule has 7 nitrogen and oxygen atoms in total. The van der Waals surface area contributed by atoms with E-state index in [0.29, 0.717) is 28.6 Å². The minimum Gasteiger partial charge on any atom is -0.465 e. The average Bonchev–Trinajstić information content (AvgIpc) is 3.17. The Morgan fingerprint density at radius 2 is 1.89 bits per heavy atom. The number of nitrogens with two attached hydrogens (primary N) is 1. The molecule has 4 rings (SSSR count). The Bertz CT molecular complexity index is 1040. The molecule has 2 N–H and O–H groups in total. The normalized spacial score (nSPS) is 12.6. The number of hydrogen-bond acceptors (Lipinski definition) is 7. The van der Waals surface area contributed by atoms with Crippen LogP contribution in [-0.4, -0.2) is 36.6 Å². The Hall–Kier alpha value is -3.61. The van der Waals surface area contributed by atoms with Crippen molar-refractivity contribution >= 4 is 34.7 Å². The lowest BCUT2D eigenvalue weighted by Gasteiger charge is -2.25. The van der Waals surface area contributed by atoms with E-state index < -0.39 is 5.97 Å². The largest absolute Gasteiger partial charge is 0.465 e. The lowest BCUT2D eigenvalue weighted by Crippen LogP contribution is -2.21. The summed E-state index contributed by atoms with van der Waals surface area (Å²) < 4.78 is 4.90. The minimum atomic E-state index is -0.413. The van der Waals surface area contributed by atoms with E-state index in [4.69, 9.17) is 10.5 Å². The number of nitrogen functional groups attached to an aromatic ring is 1. The summed E-state index contributed by atoms with van der Waals surface area (Å²) in [6, 6.07) is 15.4. The summed E-state index contributed by atoms with van der Waals surface area (Å²) in [5.74, 6) is 0.784. The van der Waals surface area contributed by atoms with Gasteiger partial charge in [0.15, 0.2) is 11.6 Å². The third kappa shape index (κ3) is 2.90. The van der Waals surface area contributed by atoms with E-state index in [1.54, 1.807) is 17.0 Å². The van der Waals surface area contributed by atoms with Crippen molar-refractivity contribution in [2.45, 2.75) is 6.42 Å². The van der Waals surface area contributed by atoms with Gasteiger partial charge in [-0.25, -0.2) is 14.8 Å². The van der Waals surface area contributed by atoms with Crippen molar-refractivity contribution in [2.75, 3.05) is 36.2 Å². The van der Waals surface area contributed by atoms with Crippen LogP contribution in [0.5, 0.6) is 0 Å². The van der Waals surface area contributed by atoms with Gasteiger partial charge in [0.1, 0.15) is 12.0 Å². The van der Waals surface area contributed by atoms with Gasteiger partial charge in [-0.15, -0.1) is 0 Å². The average molecular weight is 375 g/mol. The van der Waals surface area contributed by atoms with E-state index in [1.165, 1.54) is 19.0 Å². The fraction of sp³-hybridized carbons (Fsp3) is 0.190. The number of methoxy groups -OCH3 is 1. The van der Waals surface area contributed by atoms with Crippen LogP contribution in [0.25, 0.3) is 0 Å². The molecule has 142 valence electrons. The first-order valence-electron chi connectivity index (χ1n) is 8.98. The third-order valence-electron chi connectivity index (χ3n) is 4.97. The van der Waals surface area contributed by atoms with Crippen molar-refractivity contribution in [1.82, 2.24) is 9.97 Å². The molecule has 3 aromatic rings. The molecular weight excluding hydrogens is 354 g/mol. The molecule has 1 aliphatic rings. The predicted molar refractivity (Wildman–Crippen MR) is 109 cm³/mol. The second kappa shape index (κ2) is 7.19. The molecule has 0 unspecified atom stereocenters. The highest BCUT2D eigenvalue weighted by Crippen LogP contribution is 2.39. The van der Waals surface area contributed by atoms with Gasteiger partial charge in [0, 0.05) is 19.3 Å². The van der Waals surface area contributed by atoms with E-state index in [0.717, 1.165) is 18.7 Å². The van der Waals surface area contributed by atoms with Gasteiger partial charge in [-0.05, 0) is 30.2 Å². The van der Waals surface area contributed by atoms with Crippen molar-refractivity contribution in [3.05, 3.63) is 66.0 Å². The van der Waals surface area contributed by atoms with Crippen LogP contribution >= 0.6 is 0 Å². The molecule has 0 atom stereocenters. The number of fused-ring (bicyclic) bond motifs is 1. The van der Waals surface area contributed by atoms with Gasteiger partial charge in [0.25, 0.3) is 0 Å². The number of benzene rings is 2. The fourth-order valence-corrected chi connectivity index (χ4v) is 3.58. The smallest absolute Gasteiger partial charge is 0.339 e. The van der Waals surface area contributed by atoms with Crippen LogP contribution in [0.2, 0.25) is 0 Å². The molecule has 0 saturated carbocycles. The summed E-state index contributed by atoms with van der Waals surface area (Å²) in [5, 5.41) is 0. The number of rotatable bonds is 4. The Labute approximate surface area is 163 Å². The molecule has 0 bridgehead atoms. The SMILES string of the molecule is COC(=O)c1ccccc1N(C)c1ncnc(N2CCc3ccccc32)c1N. The molecule has 2 heterocycles. The zero-order valence-corrected chi connectivity index (χ0v) is 15.8. The van der Waals surface area contributed by atoms with Crippen molar-refractivity contribution < 1.29 is 9.53 Å². The van der Waals surface area contributed by atoms with Crippen molar-refractivity contribution in [3.8, 4) is 0 Å². The van der Waals surface area contributed by atoms with E-state index in [-0.39, 0.29) is 0 Å². The number of para-hydroxylation sites is 2. The number of nitrogens with zero attached hydrogens (tertiary/aromatic N) is 4. The molecule has 0 fully saturated rings. The number of anilines is 5. The molecule has 0 aliphatic carbocycles. The van der Waals surface area contributed by atoms with E-state index in [2.05, 4.69) is 27.0 Å². The van der Waals surface area contributed by atoms with E-state index >= 15 is 0 Å². The maximum Gasteiger partial charge on any atom is 0.339 e. The van der Waals surface area contributed by atoms with Crippen molar-refractivity contribution in [3.63, 3.8) is 0 Å². The van der Waals surface area contributed by atoms with Crippen LogP contribution in [0.1, 0.15) is 15.9 Å². The second-order valence-electron chi connectivity index (χ2n) is 6.53. The highest BCUT2D eigenvalue weighted by molar-refractivity contribution is 5.97. The van der Waals surface area contributed by atoms with Crippen molar-refractivity contribution in [2.24, 2.45) is 0 Å². The Kier molecular flexibility index (Phi) is 4.57. The maximum absolute atomic E-state index is 12.1. The molecular formula is C21H21N5O2. The van der Waals surface area contributed by atoms with E-state index in [1.807, 2.05) is 31.3 Å². The fourth-order valence-electron chi connectivity index (χ4n) is 3.58. The summed E-state index contributed by atoms with van der Waals surface area (Å²) in [4.78, 5) is 24.9. The first-order valence-corrected chi connectivity index (χ1v) is 8.98. The highest BCUT2D eigenvalue weighted by Gasteiger charge is 2.26. The first-order chi connectivity index (χ1) is 13.6. The number of carbonyl (C=O) groups excluding carboxylic acids is 1. The lowest BCUT2D eigenvalue weighted by atomic mass is 10.1. The maximum atomic E-state index is 12.1. The second-order valence-corrected chi connectivity index (χ2v) is 6.53. The Morgan fingerprint density at radius 3 is 2.71 bits per heavy atom. The Balaban J connectivity index is 1.76. The van der Waals surface area contributed by atoms with Gasteiger partial charge in [0.2, 0.25) is 0 Å². The summed E-state index contributed by atoms with van der Waals surface area (Å²) in [6.45, 7) is 0.808. The van der Waals surface area contributed by atoms with Crippen LogP contribution < -0.4 is 15.5 Å². The Morgan fingerprint density at radius 1 is 1.14 bits per heavy atom. The van der Waals surface area contributed by atoms with Crippen LogP contribution in [0.3, 0.4) is 0 Å². The summed E-state index contributed by atoms with van der Waals surface area (Å²) >= 11 is 0. The molecule has 2 aromatic carbocycles. The number of esters is 1. The van der Waals surface area contributed by atoms with Crippen LogP contribution in [0.4, 0.5) is 28.7 Å². The molecule has 0 amide bonds. The summed E-state index contributed by atoms with van der Waals surface area (Å²) in [7, 11) is 3.18. The van der Waals surface area contributed by atoms with Crippen molar-refractivity contribution in [1.29, 1.82) is 0 Å². The predicted octanol–water partition coefficient (Wildman–Crippen LogP) is 3.31. The summed E-state index contributed by atoms with van der Waals surface area (Å²) in [6.07, 6.45) is 2.44. The number of aromatic nitrogens is 2.